The second kappa shape index (κ2) is 7.22. The minimum Gasteiger partial charge on any atom is -0.353 e. The Hall–Kier alpha value is -3.16. The van der Waals surface area contributed by atoms with Crippen molar-refractivity contribution in [3.05, 3.63) is 42.5 Å². The van der Waals surface area contributed by atoms with Crippen molar-refractivity contribution in [1.82, 2.24) is 30.4 Å². The molecule has 0 spiro atoms. The van der Waals surface area contributed by atoms with E-state index in [4.69, 9.17) is 5.10 Å². The summed E-state index contributed by atoms with van der Waals surface area (Å²) in [5.74, 6) is 1.57. The van der Waals surface area contributed by atoms with Crippen LogP contribution in [0.5, 0.6) is 0 Å². The molecule has 1 unspecified atom stereocenters. The monoisotopic (exact) mass is 365 g/mol. The number of anilines is 1. The van der Waals surface area contributed by atoms with E-state index in [-0.39, 0.29) is 18.1 Å². The maximum absolute atomic E-state index is 11.9. The molecular formula is C19H23N7O. The number of carbonyl (C=O) groups excluding carboxylic acids is 1. The van der Waals surface area contributed by atoms with Gasteiger partial charge in [0.2, 0.25) is 0 Å². The van der Waals surface area contributed by atoms with E-state index in [1.165, 1.54) is 0 Å². The summed E-state index contributed by atoms with van der Waals surface area (Å²) >= 11 is 0. The molecule has 8 nitrogen and oxygen atoms in total. The Morgan fingerprint density at radius 2 is 1.96 bits per heavy atom. The highest BCUT2D eigenvalue weighted by Crippen LogP contribution is 2.21. The number of carbonyl (C=O) groups is 1. The number of nitrogens with zero attached hydrogens (tertiary/aromatic N) is 5. The van der Waals surface area contributed by atoms with E-state index >= 15 is 0 Å². The van der Waals surface area contributed by atoms with E-state index in [0.717, 1.165) is 36.7 Å². The maximum Gasteiger partial charge on any atom is 0.315 e. The first-order valence-electron chi connectivity index (χ1n) is 9.20. The molecule has 1 aliphatic heterocycles. The van der Waals surface area contributed by atoms with Crippen molar-refractivity contribution in [3.8, 4) is 11.4 Å². The number of fused-ring (bicyclic) bond motifs is 1. The van der Waals surface area contributed by atoms with Crippen LogP contribution in [0, 0.1) is 0 Å². The third kappa shape index (κ3) is 3.69. The molecule has 0 aliphatic carbocycles. The third-order valence-corrected chi connectivity index (χ3v) is 4.55. The van der Waals surface area contributed by atoms with Gasteiger partial charge in [-0.05, 0) is 32.4 Å². The van der Waals surface area contributed by atoms with E-state index in [9.17, 15) is 4.79 Å². The quantitative estimate of drug-likeness (QED) is 0.739. The fraction of sp³-hybridized carbons (Fsp3) is 0.368. The first-order valence-corrected chi connectivity index (χ1v) is 9.20. The van der Waals surface area contributed by atoms with Gasteiger partial charge in [0.25, 0.3) is 0 Å². The van der Waals surface area contributed by atoms with E-state index < -0.39 is 0 Å². The van der Waals surface area contributed by atoms with E-state index in [2.05, 4.69) is 25.7 Å². The zero-order valence-electron chi connectivity index (χ0n) is 15.5. The highest BCUT2D eigenvalue weighted by molar-refractivity contribution is 5.74. The molecule has 0 bridgehead atoms. The van der Waals surface area contributed by atoms with Crippen LogP contribution in [0.15, 0.2) is 42.5 Å². The largest absolute Gasteiger partial charge is 0.353 e. The van der Waals surface area contributed by atoms with Crippen LogP contribution in [-0.4, -0.2) is 51.0 Å². The van der Waals surface area contributed by atoms with Crippen LogP contribution in [0.3, 0.4) is 0 Å². The van der Waals surface area contributed by atoms with Crippen molar-refractivity contribution in [2.45, 2.75) is 32.4 Å². The first kappa shape index (κ1) is 17.3. The highest BCUT2D eigenvalue weighted by Gasteiger charge is 2.25. The molecule has 0 radical (unpaired) electrons. The van der Waals surface area contributed by atoms with Crippen LogP contribution in [0.1, 0.15) is 20.3 Å². The highest BCUT2D eigenvalue weighted by atomic mass is 16.2. The molecule has 8 heteroatoms. The Kier molecular flexibility index (Phi) is 4.62. The number of aromatic nitrogens is 4. The number of rotatable bonds is 4. The van der Waals surface area contributed by atoms with Gasteiger partial charge in [-0.15, -0.1) is 15.3 Å². The molecule has 0 saturated carbocycles. The third-order valence-electron chi connectivity index (χ3n) is 4.55. The molecule has 3 heterocycles. The standard InChI is InChI=1S/C19H23N7O/c1-13(2)20-19(27)21-15-10-11-25(12-15)17-9-8-16-22-23-18(26(16)24-17)14-6-4-3-5-7-14/h3-9,13,15H,10-12H2,1-2H3,(H2,20,21,27). The van der Waals surface area contributed by atoms with Crippen LogP contribution in [0.25, 0.3) is 17.0 Å². The van der Waals surface area contributed by atoms with Gasteiger partial charge in [0, 0.05) is 30.7 Å². The Morgan fingerprint density at radius 1 is 1.15 bits per heavy atom. The number of benzene rings is 1. The Morgan fingerprint density at radius 3 is 2.74 bits per heavy atom. The number of nitrogens with one attached hydrogen (secondary N) is 2. The van der Waals surface area contributed by atoms with Crippen LogP contribution in [0.2, 0.25) is 0 Å². The van der Waals surface area contributed by atoms with Gasteiger partial charge >= 0.3 is 6.03 Å². The van der Waals surface area contributed by atoms with Gasteiger partial charge in [0.05, 0.1) is 0 Å². The molecule has 2 aromatic heterocycles. The smallest absolute Gasteiger partial charge is 0.315 e. The number of hydrogen-bond acceptors (Lipinski definition) is 5. The fourth-order valence-corrected chi connectivity index (χ4v) is 3.29. The second-order valence-electron chi connectivity index (χ2n) is 7.06. The molecule has 2 amide bonds. The van der Waals surface area contributed by atoms with Gasteiger partial charge in [-0.1, -0.05) is 30.3 Å². The van der Waals surface area contributed by atoms with Crippen LogP contribution < -0.4 is 15.5 Å². The molecule has 140 valence electrons. The zero-order valence-corrected chi connectivity index (χ0v) is 15.5. The molecule has 1 atom stereocenters. The minimum atomic E-state index is -0.120. The Balaban J connectivity index is 1.52. The fourth-order valence-electron chi connectivity index (χ4n) is 3.29. The average molecular weight is 365 g/mol. The summed E-state index contributed by atoms with van der Waals surface area (Å²) < 4.78 is 1.77. The summed E-state index contributed by atoms with van der Waals surface area (Å²) in [6, 6.07) is 13.9. The molecule has 1 aliphatic rings. The SMILES string of the molecule is CC(C)NC(=O)NC1CCN(c2ccc3nnc(-c4ccccc4)n3n2)C1. The van der Waals surface area contributed by atoms with Crippen LogP contribution in [-0.2, 0) is 0 Å². The van der Waals surface area contributed by atoms with Crippen molar-refractivity contribution in [2.24, 2.45) is 0 Å². The van der Waals surface area contributed by atoms with Gasteiger partial charge in [-0.25, -0.2) is 4.79 Å². The summed E-state index contributed by atoms with van der Waals surface area (Å²) in [4.78, 5) is 14.1. The number of amides is 2. The summed E-state index contributed by atoms with van der Waals surface area (Å²) in [5.41, 5.74) is 1.68. The molecule has 1 fully saturated rings. The van der Waals surface area contributed by atoms with E-state index in [1.807, 2.05) is 56.3 Å². The molecule has 3 aromatic rings. The lowest BCUT2D eigenvalue weighted by Gasteiger charge is -2.18. The van der Waals surface area contributed by atoms with Gasteiger partial charge in [-0.3, -0.25) is 0 Å². The topological polar surface area (TPSA) is 87.5 Å². The molecule has 27 heavy (non-hydrogen) atoms. The lowest BCUT2D eigenvalue weighted by atomic mass is 10.2. The summed E-state index contributed by atoms with van der Waals surface area (Å²) in [5, 5.41) is 19.1. The Labute approximate surface area is 157 Å². The summed E-state index contributed by atoms with van der Waals surface area (Å²) in [6.07, 6.45) is 0.888. The van der Waals surface area contributed by atoms with Gasteiger partial charge < -0.3 is 15.5 Å². The Bertz CT molecular complexity index is 938. The van der Waals surface area contributed by atoms with Crippen LogP contribution in [0.4, 0.5) is 10.6 Å². The predicted molar refractivity (Wildman–Crippen MR) is 104 cm³/mol. The molecule has 4 rings (SSSR count). The van der Waals surface area contributed by atoms with Crippen molar-refractivity contribution < 1.29 is 4.79 Å². The molecule has 2 N–H and O–H groups in total. The lowest BCUT2D eigenvalue weighted by Crippen LogP contribution is -2.45. The maximum atomic E-state index is 11.9. The van der Waals surface area contributed by atoms with Gasteiger partial charge in [-0.2, -0.15) is 4.52 Å². The zero-order chi connectivity index (χ0) is 18.8. The lowest BCUT2D eigenvalue weighted by molar-refractivity contribution is 0.235. The van der Waals surface area contributed by atoms with E-state index in [0.29, 0.717) is 5.65 Å². The minimum absolute atomic E-state index is 0.107. The van der Waals surface area contributed by atoms with E-state index in [1.54, 1.807) is 4.52 Å². The second-order valence-corrected chi connectivity index (χ2v) is 7.06. The van der Waals surface area contributed by atoms with Gasteiger partial charge in [0.1, 0.15) is 5.82 Å². The molecular weight excluding hydrogens is 342 g/mol. The van der Waals surface area contributed by atoms with Gasteiger partial charge in [0.15, 0.2) is 11.5 Å². The normalized spacial score (nSPS) is 16.9. The van der Waals surface area contributed by atoms with Crippen molar-refractivity contribution in [3.63, 3.8) is 0 Å². The molecule has 1 saturated heterocycles. The van der Waals surface area contributed by atoms with Crippen molar-refractivity contribution >= 4 is 17.5 Å². The number of urea groups is 1. The number of hydrogen-bond donors (Lipinski definition) is 2. The van der Waals surface area contributed by atoms with Crippen molar-refractivity contribution in [1.29, 1.82) is 0 Å². The summed E-state index contributed by atoms with van der Waals surface area (Å²) in [7, 11) is 0. The molecule has 1 aromatic carbocycles. The van der Waals surface area contributed by atoms with Crippen LogP contribution >= 0.6 is 0 Å². The summed E-state index contributed by atoms with van der Waals surface area (Å²) in [6.45, 7) is 5.47. The van der Waals surface area contributed by atoms with Crippen molar-refractivity contribution in [2.75, 3.05) is 18.0 Å². The average Bonchev–Trinajstić information content (AvgIpc) is 3.28. The predicted octanol–water partition coefficient (Wildman–Crippen LogP) is 2.08. The first-order chi connectivity index (χ1) is 13.1.